The highest BCUT2D eigenvalue weighted by Crippen LogP contribution is 2.22. The van der Waals surface area contributed by atoms with Crippen LogP contribution < -0.4 is 0 Å². The van der Waals surface area contributed by atoms with E-state index in [1.165, 1.54) is 12.1 Å². The average Bonchev–Trinajstić information content (AvgIpc) is 2.52. The molecule has 0 fully saturated rings. The number of hydrogen-bond donors (Lipinski definition) is 1. The lowest BCUT2D eigenvalue weighted by molar-refractivity contribution is 0.193. The third-order valence-electron chi connectivity index (χ3n) is 2.77. The van der Waals surface area contributed by atoms with E-state index in [2.05, 4.69) is 4.57 Å². The minimum Gasteiger partial charge on any atom is -0.393 e. The molecule has 0 bridgehead atoms. The molecule has 3 heteroatoms. The van der Waals surface area contributed by atoms with E-state index < -0.39 is 0 Å². The monoisotopic (exact) mass is 221 g/mol. The van der Waals surface area contributed by atoms with Crippen LogP contribution in [-0.2, 0) is 13.0 Å². The molecule has 0 radical (unpaired) electrons. The van der Waals surface area contributed by atoms with Crippen LogP contribution in [0.15, 0.2) is 24.3 Å². The summed E-state index contributed by atoms with van der Waals surface area (Å²) >= 11 is 0. The van der Waals surface area contributed by atoms with Crippen LogP contribution >= 0.6 is 0 Å². The second kappa shape index (κ2) is 4.26. The van der Waals surface area contributed by atoms with Gasteiger partial charge < -0.3 is 9.67 Å². The van der Waals surface area contributed by atoms with Crippen molar-refractivity contribution in [3.63, 3.8) is 0 Å². The molecule has 1 heterocycles. The maximum atomic E-state index is 13.1. The van der Waals surface area contributed by atoms with Gasteiger partial charge in [0.15, 0.2) is 0 Å². The zero-order valence-corrected chi connectivity index (χ0v) is 9.57. The lowest BCUT2D eigenvalue weighted by atomic mass is 10.2. The van der Waals surface area contributed by atoms with Crippen molar-refractivity contribution in [1.82, 2.24) is 4.57 Å². The van der Waals surface area contributed by atoms with E-state index in [4.69, 9.17) is 0 Å². The van der Waals surface area contributed by atoms with Crippen molar-refractivity contribution >= 4 is 10.9 Å². The summed E-state index contributed by atoms with van der Waals surface area (Å²) in [6, 6.07) is 6.75. The second-order valence-electron chi connectivity index (χ2n) is 4.14. The molecule has 86 valence electrons. The Morgan fingerprint density at radius 3 is 2.75 bits per heavy atom. The van der Waals surface area contributed by atoms with Gasteiger partial charge in [-0.15, -0.1) is 0 Å². The van der Waals surface area contributed by atoms with Crippen molar-refractivity contribution in [1.29, 1.82) is 0 Å². The van der Waals surface area contributed by atoms with Crippen LogP contribution in [0.3, 0.4) is 0 Å². The lowest BCUT2D eigenvalue weighted by Crippen LogP contribution is -2.09. The first-order valence-corrected chi connectivity index (χ1v) is 5.57. The van der Waals surface area contributed by atoms with Gasteiger partial charge in [-0.05, 0) is 38.1 Å². The first-order chi connectivity index (χ1) is 7.61. The van der Waals surface area contributed by atoms with Gasteiger partial charge in [0.25, 0.3) is 0 Å². The van der Waals surface area contributed by atoms with Crippen LogP contribution in [0.25, 0.3) is 10.9 Å². The molecule has 2 aromatic rings. The van der Waals surface area contributed by atoms with Crippen LogP contribution in [-0.4, -0.2) is 15.8 Å². The highest BCUT2D eigenvalue weighted by atomic mass is 19.1. The molecule has 0 saturated carbocycles. The third-order valence-corrected chi connectivity index (χ3v) is 2.77. The summed E-state index contributed by atoms with van der Waals surface area (Å²) in [5, 5.41) is 10.3. The smallest absolute Gasteiger partial charge is 0.123 e. The largest absolute Gasteiger partial charge is 0.393 e. The van der Waals surface area contributed by atoms with Crippen molar-refractivity contribution < 1.29 is 9.50 Å². The van der Waals surface area contributed by atoms with E-state index >= 15 is 0 Å². The van der Waals surface area contributed by atoms with Crippen molar-refractivity contribution in [2.75, 3.05) is 0 Å². The normalized spacial score (nSPS) is 13.2. The lowest BCUT2D eigenvalue weighted by Gasteiger charge is -2.09. The van der Waals surface area contributed by atoms with Crippen LogP contribution in [0, 0.1) is 5.82 Å². The Balaban J connectivity index is 2.56. The predicted molar refractivity (Wildman–Crippen MR) is 63.0 cm³/mol. The fourth-order valence-corrected chi connectivity index (χ4v) is 2.14. The second-order valence-corrected chi connectivity index (χ2v) is 4.14. The number of fused-ring (bicyclic) bond motifs is 1. The van der Waals surface area contributed by atoms with E-state index in [0.29, 0.717) is 6.42 Å². The first kappa shape index (κ1) is 11.1. The van der Waals surface area contributed by atoms with Crippen molar-refractivity contribution in [2.24, 2.45) is 0 Å². The summed E-state index contributed by atoms with van der Waals surface area (Å²) in [6.07, 6.45) is 0.226. The van der Waals surface area contributed by atoms with Gasteiger partial charge in [0.1, 0.15) is 5.82 Å². The standard InChI is InChI=1S/C13H16FNO/c1-3-15-12(6-9(2)16)8-10-7-11(14)4-5-13(10)15/h4-5,7-9,16H,3,6H2,1-2H3. The summed E-state index contributed by atoms with van der Waals surface area (Å²) in [7, 11) is 0. The van der Waals surface area contributed by atoms with Gasteiger partial charge >= 0.3 is 0 Å². The van der Waals surface area contributed by atoms with Crippen LogP contribution in [0.2, 0.25) is 0 Å². The Morgan fingerprint density at radius 2 is 2.12 bits per heavy atom. The molecule has 1 atom stereocenters. The summed E-state index contributed by atoms with van der Waals surface area (Å²) in [4.78, 5) is 0. The third kappa shape index (κ3) is 1.95. The van der Waals surface area contributed by atoms with Crippen LogP contribution in [0.4, 0.5) is 4.39 Å². The van der Waals surface area contributed by atoms with Gasteiger partial charge in [0.2, 0.25) is 0 Å². The summed E-state index contributed by atoms with van der Waals surface area (Å²) in [5.74, 6) is -0.218. The minimum absolute atomic E-state index is 0.218. The predicted octanol–water partition coefficient (Wildman–Crippen LogP) is 2.72. The number of aliphatic hydroxyl groups excluding tert-OH is 1. The van der Waals surface area contributed by atoms with Crippen LogP contribution in [0.5, 0.6) is 0 Å². The Kier molecular flexibility index (Phi) is 2.97. The summed E-state index contributed by atoms with van der Waals surface area (Å²) in [5.41, 5.74) is 2.08. The molecular formula is C13H16FNO. The molecule has 0 saturated heterocycles. The molecule has 2 rings (SSSR count). The maximum Gasteiger partial charge on any atom is 0.123 e. The highest BCUT2D eigenvalue weighted by Gasteiger charge is 2.09. The molecule has 0 aliphatic carbocycles. The molecule has 0 aliphatic heterocycles. The van der Waals surface area contributed by atoms with Gasteiger partial charge in [-0.2, -0.15) is 0 Å². The maximum absolute atomic E-state index is 13.1. The molecule has 2 nitrogen and oxygen atoms in total. The van der Waals surface area contributed by atoms with E-state index in [-0.39, 0.29) is 11.9 Å². The Labute approximate surface area is 94.3 Å². The van der Waals surface area contributed by atoms with Gasteiger partial charge in [-0.3, -0.25) is 0 Å². The Morgan fingerprint density at radius 1 is 1.38 bits per heavy atom. The van der Waals surface area contributed by atoms with Gasteiger partial charge in [-0.25, -0.2) is 4.39 Å². The average molecular weight is 221 g/mol. The molecule has 1 N–H and O–H groups in total. The van der Waals surface area contributed by atoms with E-state index in [0.717, 1.165) is 23.1 Å². The zero-order valence-electron chi connectivity index (χ0n) is 9.57. The zero-order chi connectivity index (χ0) is 11.7. The number of hydrogen-bond acceptors (Lipinski definition) is 1. The highest BCUT2D eigenvalue weighted by molar-refractivity contribution is 5.81. The minimum atomic E-state index is -0.376. The SMILES string of the molecule is CCn1c(CC(C)O)cc2cc(F)ccc21. The van der Waals surface area contributed by atoms with E-state index in [9.17, 15) is 9.50 Å². The topological polar surface area (TPSA) is 25.2 Å². The molecule has 1 aromatic heterocycles. The number of rotatable bonds is 3. The van der Waals surface area contributed by atoms with Crippen molar-refractivity contribution in [3.05, 3.63) is 35.8 Å². The van der Waals surface area contributed by atoms with Gasteiger partial charge in [-0.1, -0.05) is 0 Å². The molecule has 0 spiro atoms. The van der Waals surface area contributed by atoms with Crippen molar-refractivity contribution in [2.45, 2.75) is 32.9 Å². The first-order valence-electron chi connectivity index (χ1n) is 5.57. The quantitative estimate of drug-likeness (QED) is 0.847. The summed E-state index contributed by atoms with van der Waals surface area (Å²) < 4.78 is 15.2. The Bertz CT molecular complexity index is 502. The molecular weight excluding hydrogens is 205 g/mol. The molecule has 1 unspecified atom stereocenters. The number of aromatic nitrogens is 1. The molecule has 16 heavy (non-hydrogen) atoms. The van der Waals surface area contributed by atoms with E-state index in [1.54, 1.807) is 13.0 Å². The fourth-order valence-electron chi connectivity index (χ4n) is 2.14. The van der Waals surface area contributed by atoms with Crippen LogP contribution in [0.1, 0.15) is 19.5 Å². The number of halogens is 1. The number of nitrogens with zero attached hydrogens (tertiary/aromatic N) is 1. The number of benzene rings is 1. The molecule has 1 aromatic carbocycles. The number of aryl methyl sites for hydroxylation is 1. The van der Waals surface area contributed by atoms with Gasteiger partial charge in [0, 0.05) is 29.6 Å². The van der Waals surface area contributed by atoms with Crippen molar-refractivity contribution in [3.8, 4) is 0 Å². The summed E-state index contributed by atoms with van der Waals surface area (Å²) in [6.45, 7) is 4.64. The number of aliphatic hydroxyl groups is 1. The molecule has 0 aliphatic rings. The Hall–Kier alpha value is -1.35. The van der Waals surface area contributed by atoms with Gasteiger partial charge in [0.05, 0.1) is 6.10 Å². The fraction of sp³-hybridized carbons (Fsp3) is 0.385. The van der Waals surface area contributed by atoms with E-state index in [1.807, 2.05) is 13.0 Å². The molecule has 0 amide bonds.